The molecule has 2 N–H and O–H groups in total. The summed E-state index contributed by atoms with van der Waals surface area (Å²) in [6.07, 6.45) is 3.74. The highest BCUT2D eigenvalue weighted by Gasteiger charge is 2.23. The zero-order valence-corrected chi connectivity index (χ0v) is 21.1. The predicted molar refractivity (Wildman–Crippen MR) is 133 cm³/mol. The molecular weight excluding hydrogens is 513 g/mol. The van der Waals surface area contributed by atoms with Gasteiger partial charge in [0.15, 0.2) is 5.96 Å². The Labute approximate surface area is 200 Å². The van der Waals surface area contributed by atoms with Crippen molar-refractivity contribution < 1.29 is 4.74 Å². The van der Waals surface area contributed by atoms with Crippen LogP contribution in [0.3, 0.4) is 0 Å². The molecule has 0 bridgehead atoms. The molecule has 0 saturated carbocycles. The van der Waals surface area contributed by atoms with Gasteiger partial charge in [-0.15, -0.1) is 45.5 Å². The van der Waals surface area contributed by atoms with Crippen LogP contribution in [0.5, 0.6) is 0 Å². The lowest BCUT2D eigenvalue weighted by atomic mass is 10.2. The number of hydrogen-bond acceptors (Lipinski definition) is 6. The van der Waals surface area contributed by atoms with Crippen molar-refractivity contribution in [1.29, 1.82) is 0 Å². The van der Waals surface area contributed by atoms with Crippen LogP contribution >= 0.6 is 35.3 Å². The fourth-order valence-electron chi connectivity index (χ4n) is 3.39. The third-order valence-corrected chi connectivity index (χ3v) is 5.95. The molecule has 1 aliphatic heterocycles. The maximum Gasteiger partial charge on any atom is 0.191 e. The second-order valence-corrected chi connectivity index (χ2v) is 8.00. The molecule has 3 heterocycles. The Balaban J connectivity index is 0.00000320. The van der Waals surface area contributed by atoms with Crippen LogP contribution in [0.1, 0.15) is 37.0 Å². The highest BCUT2D eigenvalue weighted by molar-refractivity contribution is 14.0. The Morgan fingerprint density at radius 1 is 1.27 bits per heavy atom. The minimum Gasteiger partial charge on any atom is -0.379 e. The third-order valence-electron chi connectivity index (χ3n) is 4.98. The molecule has 10 heteroatoms. The summed E-state index contributed by atoms with van der Waals surface area (Å²) in [5, 5.41) is 17.2. The first-order valence-corrected chi connectivity index (χ1v) is 11.4. The monoisotopic (exact) mass is 547 g/mol. The number of nitrogens with one attached hydrogen (secondary N) is 2. The number of guanidine groups is 1. The number of ether oxygens (including phenoxy) is 1. The van der Waals surface area contributed by atoms with Crippen molar-refractivity contribution in [2.24, 2.45) is 4.99 Å². The lowest BCUT2D eigenvalue weighted by Crippen LogP contribution is -2.42. The molecule has 0 radical (unpaired) electrons. The van der Waals surface area contributed by atoms with E-state index in [2.05, 4.69) is 61.7 Å². The van der Waals surface area contributed by atoms with Crippen molar-refractivity contribution >= 4 is 41.3 Å². The predicted octanol–water partition coefficient (Wildman–Crippen LogP) is 2.54. The van der Waals surface area contributed by atoms with Gasteiger partial charge in [-0.05, 0) is 17.9 Å². The number of thiophene rings is 1. The first kappa shape index (κ1) is 25.0. The van der Waals surface area contributed by atoms with Gasteiger partial charge in [0.25, 0.3) is 0 Å². The number of halogens is 1. The van der Waals surface area contributed by atoms with Crippen molar-refractivity contribution in [3.8, 4) is 0 Å². The lowest BCUT2D eigenvalue weighted by Gasteiger charge is -2.33. The van der Waals surface area contributed by atoms with E-state index in [0.29, 0.717) is 6.04 Å². The summed E-state index contributed by atoms with van der Waals surface area (Å²) in [5.74, 6) is 1.88. The Hall–Kier alpha value is -1.24. The first-order chi connectivity index (χ1) is 14.3. The molecule has 3 rings (SSSR count). The quantitative estimate of drug-likeness (QED) is 0.271. The van der Waals surface area contributed by atoms with E-state index in [1.165, 1.54) is 4.88 Å². The molecule has 0 amide bonds. The standard InChI is InChI=1S/C20H33N7OS.HI/c1-3-7-21-20(22-8-9-27-16-24-25-19(27)4-2)23-15-17(18-6-5-14-29-18)26-10-12-28-13-11-26;/h5-6,14,16-17H,3-4,7-13,15H2,1-2H3,(H2,21,22,23);1H. The van der Waals surface area contributed by atoms with Crippen LogP contribution in [0, 0.1) is 0 Å². The van der Waals surface area contributed by atoms with Crippen molar-refractivity contribution in [2.45, 2.75) is 39.3 Å². The molecule has 2 aromatic rings. The van der Waals surface area contributed by atoms with Gasteiger partial charge in [-0.2, -0.15) is 0 Å². The zero-order valence-electron chi connectivity index (χ0n) is 17.9. The molecule has 1 aliphatic rings. The van der Waals surface area contributed by atoms with Crippen LogP contribution in [0.15, 0.2) is 28.8 Å². The summed E-state index contributed by atoms with van der Waals surface area (Å²) < 4.78 is 7.63. The Kier molecular flexibility index (Phi) is 11.6. The van der Waals surface area contributed by atoms with E-state index in [1.807, 2.05) is 0 Å². The van der Waals surface area contributed by atoms with Crippen LogP contribution in [0.25, 0.3) is 0 Å². The number of aryl methyl sites for hydroxylation is 1. The number of nitrogens with zero attached hydrogens (tertiary/aromatic N) is 5. The van der Waals surface area contributed by atoms with Gasteiger partial charge >= 0.3 is 0 Å². The molecule has 0 aliphatic carbocycles. The van der Waals surface area contributed by atoms with Crippen molar-refractivity contribution in [3.05, 3.63) is 34.5 Å². The van der Waals surface area contributed by atoms with Gasteiger partial charge in [-0.3, -0.25) is 9.89 Å². The summed E-state index contributed by atoms with van der Waals surface area (Å²) in [5.41, 5.74) is 0. The van der Waals surface area contributed by atoms with Crippen LogP contribution in [0.2, 0.25) is 0 Å². The minimum atomic E-state index is 0. The summed E-state index contributed by atoms with van der Waals surface area (Å²) in [4.78, 5) is 8.78. The third kappa shape index (κ3) is 7.47. The van der Waals surface area contributed by atoms with E-state index in [1.54, 1.807) is 17.7 Å². The fraction of sp³-hybridized carbons (Fsp3) is 0.650. The van der Waals surface area contributed by atoms with E-state index in [9.17, 15) is 0 Å². The number of hydrogen-bond donors (Lipinski definition) is 2. The molecular formula is C20H34IN7OS. The minimum absolute atomic E-state index is 0. The van der Waals surface area contributed by atoms with Gasteiger partial charge < -0.3 is 19.9 Å². The van der Waals surface area contributed by atoms with Crippen LogP contribution in [0.4, 0.5) is 0 Å². The van der Waals surface area contributed by atoms with E-state index >= 15 is 0 Å². The maximum absolute atomic E-state index is 5.54. The van der Waals surface area contributed by atoms with Gasteiger partial charge in [0, 0.05) is 44.0 Å². The van der Waals surface area contributed by atoms with Gasteiger partial charge in [-0.25, -0.2) is 0 Å². The fourth-order valence-corrected chi connectivity index (χ4v) is 4.24. The topological polar surface area (TPSA) is 79.6 Å². The highest BCUT2D eigenvalue weighted by Crippen LogP contribution is 2.26. The van der Waals surface area contributed by atoms with Crippen LogP contribution < -0.4 is 10.6 Å². The Morgan fingerprint density at radius 3 is 2.77 bits per heavy atom. The number of aliphatic imine (C=N–C) groups is 1. The number of rotatable bonds is 10. The van der Waals surface area contributed by atoms with Crippen molar-refractivity contribution in [2.75, 3.05) is 45.9 Å². The smallest absolute Gasteiger partial charge is 0.191 e. The number of aromatic nitrogens is 3. The van der Waals surface area contributed by atoms with Gasteiger partial charge in [0.05, 0.1) is 25.8 Å². The average molecular weight is 548 g/mol. The largest absolute Gasteiger partial charge is 0.379 e. The van der Waals surface area contributed by atoms with Crippen molar-refractivity contribution in [1.82, 2.24) is 30.3 Å². The summed E-state index contributed by atoms with van der Waals surface area (Å²) in [7, 11) is 0. The molecule has 0 aromatic carbocycles. The van der Waals surface area contributed by atoms with E-state index < -0.39 is 0 Å². The zero-order chi connectivity index (χ0) is 20.3. The summed E-state index contributed by atoms with van der Waals surface area (Å²) >= 11 is 1.80. The second-order valence-electron chi connectivity index (χ2n) is 7.02. The van der Waals surface area contributed by atoms with E-state index in [-0.39, 0.29) is 24.0 Å². The number of morpholine rings is 1. The SMILES string of the molecule is CCCNC(=NCC(c1cccs1)N1CCOCC1)NCCn1cnnc1CC.I. The van der Waals surface area contributed by atoms with Gasteiger partial charge in [0.1, 0.15) is 12.2 Å². The molecule has 0 spiro atoms. The maximum atomic E-state index is 5.54. The Morgan fingerprint density at radius 2 is 2.07 bits per heavy atom. The molecule has 1 saturated heterocycles. The highest BCUT2D eigenvalue weighted by atomic mass is 127. The molecule has 30 heavy (non-hydrogen) atoms. The molecule has 1 unspecified atom stereocenters. The van der Waals surface area contributed by atoms with Gasteiger partial charge in [-0.1, -0.05) is 19.9 Å². The molecule has 2 aromatic heterocycles. The summed E-state index contributed by atoms with van der Waals surface area (Å²) in [6.45, 7) is 11.0. The molecule has 168 valence electrons. The molecule has 1 atom stereocenters. The van der Waals surface area contributed by atoms with Crippen LogP contribution in [-0.2, 0) is 17.7 Å². The van der Waals surface area contributed by atoms with Crippen molar-refractivity contribution in [3.63, 3.8) is 0 Å². The molecule has 8 nitrogen and oxygen atoms in total. The first-order valence-electron chi connectivity index (χ1n) is 10.6. The Bertz CT molecular complexity index is 731. The average Bonchev–Trinajstić information content (AvgIpc) is 3.44. The normalized spacial score (nSPS) is 16.1. The van der Waals surface area contributed by atoms with Gasteiger partial charge in [0.2, 0.25) is 0 Å². The summed E-state index contributed by atoms with van der Waals surface area (Å²) in [6, 6.07) is 4.63. The lowest BCUT2D eigenvalue weighted by molar-refractivity contribution is 0.0186. The molecule has 1 fully saturated rings. The van der Waals surface area contributed by atoms with E-state index in [4.69, 9.17) is 9.73 Å². The van der Waals surface area contributed by atoms with Crippen LogP contribution in [-0.4, -0.2) is 71.6 Å². The van der Waals surface area contributed by atoms with E-state index in [0.717, 1.165) is 77.1 Å². The second kappa shape index (κ2) is 13.9.